The number of aryl methyl sites for hydroxylation is 1. The van der Waals surface area contributed by atoms with Gasteiger partial charge >= 0.3 is 5.97 Å². The van der Waals surface area contributed by atoms with Crippen LogP contribution in [0.3, 0.4) is 0 Å². The van der Waals surface area contributed by atoms with Crippen LogP contribution in [0, 0.1) is 0 Å². The number of carbonyl (C=O) groups is 1. The van der Waals surface area contributed by atoms with E-state index >= 15 is 0 Å². The number of hydrogen-bond acceptors (Lipinski definition) is 6. The van der Waals surface area contributed by atoms with Crippen LogP contribution in [0.5, 0.6) is 11.8 Å². The van der Waals surface area contributed by atoms with Crippen LogP contribution in [-0.2, 0) is 11.8 Å². The summed E-state index contributed by atoms with van der Waals surface area (Å²) in [5.74, 6) is 0.627. The zero-order valence-corrected chi connectivity index (χ0v) is 18.1. The molecule has 3 aromatic rings. The molecule has 0 N–H and O–H groups in total. The molecule has 0 aliphatic rings. The van der Waals surface area contributed by atoms with E-state index in [4.69, 9.17) is 14.2 Å². The van der Waals surface area contributed by atoms with Crippen molar-refractivity contribution in [3.05, 3.63) is 35.9 Å². The van der Waals surface area contributed by atoms with Crippen molar-refractivity contribution in [2.24, 2.45) is 7.05 Å². The highest BCUT2D eigenvalue weighted by atomic mass is 16.5. The summed E-state index contributed by atoms with van der Waals surface area (Å²) in [7, 11) is 3.19. The molecule has 0 unspecified atom stereocenters. The van der Waals surface area contributed by atoms with Crippen molar-refractivity contribution in [3.63, 3.8) is 0 Å². The van der Waals surface area contributed by atoms with Gasteiger partial charge in [-0.3, -0.25) is 4.68 Å². The number of ether oxygens (including phenoxy) is 3. The summed E-state index contributed by atoms with van der Waals surface area (Å²) in [6, 6.07) is 9.25. The van der Waals surface area contributed by atoms with E-state index in [1.807, 2.05) is 31.3 Å². The summed E-state index contributed by atoms with van der Waals surface area (Å²) in [5, 5.41) is 5.51. The number of pyridine rings is 1. The summed E-state index contributed by atoms with van der Waals surface area (Å²) >= 11 is 0. The molecule has 0 atom stereocenters. The van der Waals surface area contributed by atoms with E-state index in [2.05, 4.69) is 23.9 Å². The molecule has 3 rings (SSSR count). The van der Waals surface area contributed by atoms with Crippen LogP contribution in [0.1, 0.15) is 49.9 Å². The molecule has 1 aromatic carbocycles. The monoisotopic (exact) mass is 411 g/mol. The van der Waals surface area contributed by atoms with Crippen molar-refractivity contribution in [1.29, 1.82) is 0 Å². The van der Waals surface area contributed by atoms with Crippen LogP contribution in [0.25, 0.3) is 22.2 Å². The predicted octanol–water partition coefficient (Wildman–Crippen LogP) is 4.78. The molecule has 30 heavy (non-hydrogen) atoms. The number of fused-ring (bicyclic) bond motifs is 1. The molecule has 0 bridgehead atoms. The Bertz CT molecular complexity index is 1010. The first kappa shape index (κ1) is 21.6. The molecular formula is C23H29N3O4. The molecule has 2 aromatic heterocycles. The third-order valence-electron chi connectivity index (χ3n) is 4.84. The molecule has 7 heteroatoms. The van der Waals surface area contributed by atoms with Gasteiger partial charge in [-0.15, -0.1) is 0 Å². The van der Waals surface area contributed by atoms with E-state index in [0.29, 0.717) is 41.7 Å². The van der Waals surface area contributed by atoms with Gasteiger partial charge in [0.05, 0.1) is 37.0 Å². The number of carbonyl (C=O) groups excluding carboxylic acids is 1. The Morgan fingerprint density at radius 1 is 1.03 bits per heavy atom. The standard InChI is InChI=1S/C23H29N3O4/c1-5-7-14-29-19-13-12-17(22(24-19)30-15-8-6-2)20-16-10-9-11-18(23(27)28-4)21(16)26(3)25-20/h9-13H,5-8,14-15H2,1-4H3. The molecule has 0 radical (unpaired) electrons. The summed E-state index contributed by atoms with van der Waals surface area (Å²) in [6.07, 6.45) is 3.98. The minimum absolute atomic E-state index is 0.396. The second-order valence-electron chi connectivity index (χ2n) is 7.07. The van der Waals surface area contributed by atoms with Crippen LogP contribution < -0.4 is 9.47 Å². The first-order valence-corrected chi connectivity index (χ1v) is 10.4. The Morgan fingerprint density at radius 2 is 1.77 bits per heavy atom. The second-order valence-corrected chi connectivity index (χ2v) is 7.07. The van der Waals surface area contributed by atoms with Gasteiger partial charge in [0.25, 0.3) is 0 Å². The highest BCUT2D eigenvalue weighted by molar-refractivity contribution is 6.07. The first-order valence-electron chi connectivity index (χ1n) is 10.4. The largest absolute Gasteiger partial charge is 0.478 e. The molecule has 0 aliphatic carbocycles. The summed E-state index contributed by atoms with van der Waals surface area (Å²) in [4.78, 5) is 16.8. The van der Waals surface area contributed by atoms with Crippen LogP contribution >= 0.6 is 0 Å². The third kappa shape index (κ3) is 4.56. The van der Waals surface area contributed by atoms with Crippen molar-refractivity contribution in [1.82, 2.24) is 14.8 Å². The fraction of sp³-hybridized carbons (Fsp3) is 0.435. The van der Waals surface area contributed by atoms with Crippen LogP contribution in [0.15, 0.2) is 30.3 Å². The quantitative estimate of drug-likeness (QED) is 0.353. The Balaban J connectivity index is 2.07. The van der Waals surface area contributed by atoms with Crippen molar-refractivity contribution in [2.75, 3.05) is 20.3 Å². The van der Waals surface area contributed by atoms with Gasteiger partial charge in [0.1, 0.15) is 5.69 Å². The first-order chi connectivity index (χ1) is 14.6. The highest BCUT2D eigenvalue weighted by Gasteiger charge is 2.21. The number of methoxy groups -OCH3 is 1. The van der Waals surface area contributed by atoms with Gasteiger partial charge in [0.2, 0.25) is 11.8 Å². The van der Waals surface area contributed by atoms with Gasteiger partial charge < -0.3 is 14.2 Å². The minimum atomic E-state index is -0.396. The minimum Gasteiger partial charge on any atom is -0.478 e. The van der Waals surface area contributed by atoms with E-state index < -0.39 is 5.97 Å². The smallest absolute Gasteiger partial charge is 0.340 e. The molecule has 0 amide bonds. The van der Waals surface area contributed by atoms with Crippen LogP contribution in [0.4, 0.5) is 0 Å². The highest BCUT2D eigenvalue weighted by Crippen LogP contribution is 2.35. The summed E-state index contributed by atoms with van der Waals surface area (Å²) in [6.45, 7) is 5.41. The van der Waals surface area contributed by atoms with Crippen LogP contribution in [-0.4, -0.2) is 41.1 Å². The number of nitrogens with zero attached hydrogens (tertiary/aromatic N) is 3. The van der Waals surface area contributed by atoms with Crippen molar-refractivity contribution < 1.29 is 19.0 Å². The Hall–Kier alpha value is -3.09. The Morgan fingerprint density at radius 3 is 2.47 bits per heavy atom. The molecule has 0 aliphatic heterocycles. The van der Waals surface area contributed by atoms with Crippen molar-refractivity contribution in [3.8, 4) is 23.0 Å². The van der Waals surface area contributed by atoms with Gasteiger partial charge in [-0.05, 0) is 25.0 Å². The number of esters is 1. The molecule has 0 saturated carbocycles. The van der Waals surface area contributed by atoms with E-state index in [1.54, 1.807) is 10.7 Å². The van der Waals surface area contributed by atoms with Gasteiger partial charge in [-0.2, -0.15) is 10.1 Å². The maximum absolute atomic E-state index is 12.2. The van der Waals surface area contributed by atoms with E-state index in [1.165, 1.54) is 7.11 Å². The van der Waals surface area contributed by atoms with Gasteiger partial charge in [-0.1, -0.05) is 38.8 Å². The molecule has 2 heterocycles. The molecule has 0 fully saturated rings. The molecule has 160 valence electrons. The zero-order chi connectivity index (χ0) is 21.5. The molecule has 0 spiro atoms. The molecule has 7 nitrogen and oxygen atoms in total. The van der Waals surface area contributed by atoms with Gasteiger partial charge in [0, 0.05) is 18.5 Å². The second kappa shape index (κ2) is 10.1. The molecular weight excluding hydrogens is 382 g/mol. The SMILES string of the molecule is CCCCOc1ccc(-c2nn(C)c3c(C(=O)OC)cccc23)c(OCCCC)n1. The number of benzene rings is 1. The van der Waals surface area contributed by atoms with E-state index in [-0.39, 0.29) is 0 Å². The summed E-state index contributed by atoms with van der Waals surface area (Å²) < 4.78 is 18.4. The number of unbranched alkanes of at least 4 members (excludes halogenated alkanes) is 2. The molecule has 0 saturated heterocycles. The Kier molecular flexibility index (Phi) is 7.27. The number of hydrogen-bond donors (Lipinski definition) is 0. The average Bonchev–Trinajstić information content (AvgIpc) is 3.10. The lowest BCUT2D eigenvalue weighted by atomic mass is 10.1. The lowest BCUT2D eigenvalue weighted by molar-refractivity contribution is 0.0602. The maximum atomic E-state index is 12.2. The van der Waals surface area contributed by atoms with Gasteiger partial charge in [-0.25, -0.2) is 4.79 Å². The average molecular weight is 412 g/mol. The maximum Gasteiger partial charge on any atom is 0.340 e. The zero-order valence-electron chi connectivity index (χ0n) is 18.1. The van der Waals surface area contributed by atoms with Gasteiger partial charge in [0.15, 0.2) is 0 Å². The number of rotatable bonds is 10. The fourth-order valence-corrected chi connectivity index (χ4v) is 3.24. The lowest BCUT2D eigenvalue weighted by Crippen LogP contribution is -2.04. The van der Waals surface area contributed by atoms with E-state index in [0.717, 1.165) is 36.6 Å². The van der Waals surface area contributed by atoms with Crippen molar-refractivity contribution in [2.45, 2.75) is 39.5 Å². The number of para-hydroxylation sites is 1. The van der Waals surface area contributed by atoms with Crippen molar-refractivity contribution >= 4 is 16.9 Å². The van der Waals surface area contributed by atoms with E-state index in [9.17, 15) is 4.79 Å². The fourth-order valence-electron chi connectivity index (χ4n) is 3.24. The lowest BCUT2D eigenvalue weighted by Gasteiger charge is -2.12. The Labute approximate surface area is 177 Å². The number of aromatic nitrogens is 3. The third-order valence-corrected chi connectivity index (χ3v) is 4.84. The van der Waals surface area contributed by atoms with Crippen LogP contribution in [0.2, 0.25) is 0 Å². The predicted molar refractivity (Wildman–Crippen MR) is 116 cm³/mol. The topological polar surface area (TPSA) is 75.5 Å². The summed E-state index contributed by atoms with van der Waals surface area (Å²) in [5.41, 5.74) is 2.65. The normalized spacial score (nSPS) is 10.9.